The summed E-state index contributed by atoms with van der Waals surface area (Å²) >= 11 is 0. The first-order valence-corrected chi connectivity index (χ1v) is 9.34. The van der Waals surface area contributed by atoms with Crippen LogP contribution >= 0.6 is 0 Å². The molecule has 1 atom stereocenters. The van der Waals surface area contributed by atoms with Crippen LogP contribution in [0.3, 0.4) is 0 Å². The van der Waals surface area contributed by atoms with E-state index in [1.807, 2.05) is 7.11 Å². The van der Waals surface area contributed by atoms with Gasteiger partial charge in [-0.15, -0.1) is 0 Å². The minimum atomic E-state index is -0.0848. The molecule has 0 heterocycles. The molecule has 3 heteroatoms. The van der Waals surface area contributed by atoms with E-state index < -0.39 is 0 Å². The predicted octanol–water partition coefficient (Wildman–Crippen LogP) is 5.66. The van der Waals surface area contributed by atoms with Crippen LogP contribution in [0.5, 0.6) is 0 Å². The highest BCUT2D eigenvalue weighted by Gasteiger charge is 2.06. The smallest absolute Gasteiger partial charge is 0.305 e. The van der Waals surface area contributed by atoms with E-state index in [0.717, 1.165) is 12.8 Å². The number of hydrogen-bond donors (Lipinski definition) is 0. The van der Waals surface area contributed by atoms with Gasteiger partial charge in [0.25, 0.3) is 0 Å². The first-order valence-electron chi connectivity index (χ1n) is 9.34. The topological polar surface area (TPSA) is 35.5 Å². The lowest BCUT2D eigenvalue weighted by atomic mass is 10.0. The average Bonchev–Trinajstić information content (AvgIpc) is 2.54. The molecule has 0 amide bonds. The summed E-state index contributed by atoms with van der Waals surface area (Å²) in [6, 6.07) is 0. The Bertz CT molecular complexity index is 241. The largest absolute Gasteiger partial charge is 0.469 e. The molecule has 0 aliphatic heterocycles. The third-order valence-corrected chi connectivity index (χ3v) is 4.35. The van der Waals surface area contributed by atoms with Crippen molar-refractivity contribution in [1.82, 2.24) is 0 Å². The third kappa shape index (κ3) is 14.4. The zero-order valence-electron chi connectivity index (χ0n) is 15.2. The van der Waals surface area contributed by atoms with Crippen molar-refractivity contribution < 1.29 is 14.3 Å². The minimum Gasteiger partial charge on any atom is -0.469 e. The van der Waals surface area contributed by atoms with E-state index in [1.54, 1.807) is 0 Å². The molecular formula is C19H38O3. The summed E-state index contributed by atoms with van der Waals surface area (Å²) in [6.45, 7) is 2.26. The zero-order chi connectivity index (χ0) is 16.5. The summed E-state index contributed by atoms with van der Waals surface area (Å²) in [5.41, 5.74) is 0. The molecule has 0 rings (SSSR count). The third-order valence-electron chi connectivity index (χ3n) is 4.35. The van der Waals surface area contributed by atoms with Crippen molar-refractivity contribution in [2.45, 2.75) is 103 Å². The Morgan fingerprint density at radius 2 is 1.27 bits per heavy atom. The SMILES string of the molecule is CCCCCCCCC(CCCCCCCC(=O)OC)OC. The Balaban J connectivity index is 3.36. The molecule has 0 saturated heterocycles. The van der Waals surface area contributed by atoms with Gasteiger partial charge in [0, 0.05) is 13.5 Å². The van der Waals surface area contributed by atoms with Crippen molar-refractivity contribution in [1.29, 1.82) is 0 Å². The van der Waals surface area contributed by atoms with Gasteiger partial charge in [-0.25, -0.2) is 0 Å². The lowest BCUT2D eigenvalue weighted by Crippen LogP contribution is -2.10. The van der Waals surface area contributed by atoms with Gasteiger partial charge >= 0.3 is 5.97 Å². The molecule has 0 fully saturated rings. The first-order chi connectivity index (χ1) is 10.7. The molecule has 0 N–H and O–H groups in total. The number of carbonyl (C=O) groups is 1. The predicted molar refractivity (Wildman–Crippen MR) is 93.1 cm³/mol. The minimum absolute atomic E-state index is 0.0848. The average molecular weight is 315 g/mol. The molecule has 1 unspecified atom stereocenters. The Labute approximate surface area is 138 Å². The summed E-state index contributed by atoms with van der Waals surface area (Å²) in [6.07, 6.45) is 17.3. The van der Waals surface area contributed by atoms with Crippen molar-refractivity contribution in [2.24, 2.45) is 0 Å². The molecule has 0 aromatic heterocycles. The van der Waals surface area contributed by atoms with Gasteiger partial charge in [0.2, 0.25) is 0 Å². The van der Waals surface area contributed by atoms with E-state index in [9.17, 15) is 4.79 Å². The number of hydrogen-bond acceptors (Lipinski definition) is 3. The van der Waals surface area contributed by atoms with Gasteiger partial charge < -0.3 is 9.47 Å². The zero-order valence-corrected chi connectivity index (χ0v) is 15.2. The second-order valence-electron chi connectivity index (χ2n) is 6.30. The fourth-order valence-corrected chi connectivity index (χ4v) is 2.81. The Hall–Kier alpha value is -0.570. The second kappa shape index (κ2) is 16.8. The van der Waals surface area contributed by atoms with E-state index in [1.165, 1.54) is 77.7 Å². The van der Waals surface area contributed by atoms with E-state index in [4.69, 9.17) is 4.74 Å². The van der Waals surface area contributed by atoms with Crippen LogP contribution in [0.25, 0.3) is 0 Å². The molecule has 0 aromatic carbocycles. The number of unbranched alkanes of at least 4 members (excludes halogenated alkanes) is 9. The maximum Gasteiger partial charge on any atom is 0.305 e. The quantitative estimate of drug-likeness (QED) is 0.272. The van der Waals surface area contributed by atoms with Gasteiger partial charge in [-0.3, -0.25) is 4.79 Å². The maximum absolute atomic E-state index is 11.0. The normalized spacial score (nSPS) is 12.3. The molecule has 0 saturated carbocycles. The molecule has 0 aromatic rings. The van der Waals surface area contributed by atoms with Crippen LogP contribution in [0.1, 0.15) is 96.8 Å². The van der Waals surface area contributed by atoms with Crippen LogP contribution in [0.4, 0.5) is 0 Å². The van der Waals surface area contributed by atoms with Gasteiger partial charge in [-0.05, 0) is 19.3 Å². The van der Waals surface area contributed by atoms with Gasteiger partial charge in [-0.1, -0.05) is 71.1 Å². The summed E-state index contributed by atoms with van der Waals surface area (Å²) in [5, 5.41) is 0. The number of esters is 1. The van der Waals surface area contributed by atoms with E-state index in [-0.39, 0.29) is 5.97 Å². The van der Waals surface area contributed by atoms with Crippen LogP contribution in [-0.2, 0) is 14.3 Å². The van der Waals surface area contributed by atoms with Crippen molar-refractivity contribution in [3.63, 3.8) is 0 Å². The van der Waals surface area contributed by atoms with Crippen LogP contribution in [0, 0.1) is 0 Å². The van der Waals surface area contributed by atoms with Gasteiger partial charge in [0.05, 0.1) is 13.2 Å². The van der Waals surface area contributed by atoms with Gasteiger partial charge in [0.1, 0.15) is 0 Å². The molecule has 132 valence electrons. The summed E-state index contributed by atoms with van der Waals surface area (Å²) in [4.78, 5) is 11.0. The van der Waals surface area contributed by atoms with E-state index in [0.29, 0.717) is 12.5 Å². The fourth-order valence-electron chi connectivity index (χ4n) is 2.81. The van der Waals surface area contributed by atoms with E-state index in [2.05, 4.69) is 11.7 Å². The molecule has 22 heavy (non-hydrogen) atoms. The summed E-state index contributed by atoms with van der Waals surface area (Å²) in [5.74, 6) is -0.0848. The maximum atomic E-state index is 11.0. The lowest BCUT2D eigenvalue weighted by molar-refractivity contribution is -0.140. The lowest BCUT2D eigenvalue weighted by Gasteiger charge is -2.15. The second-order valence-corrected chi connectivity index (χ2v) is 6.30. The molecule has 0 aliphatic rings. The molecule has 3 nitrogen and oxygen atoms in total. The van der Waals surface area contributed by atoms with Crippen LogP contribution in [0.15, 0.2) is 0 Å². The van der Waals surface area contributed by atoms with Gasteiger partial charge in [0.15, 0.2) is 0 Å². The first kappa shape index (κ1) is 21.4. The van der Waals surface area contributed by atoms with Crippen LogP contribution in [0.2, 0.25) is 0 Å². The van der Waals surface area contributed by atoms with E-state index >= 15 is 0 Å². The standard InChI is InChI=1S/C19H38O3/c1-4-5-6-7-9-12-15-18(21-2)16-13-10-8-11-14-17-19(20)22-3/h18H,4-17H2,1-3H3. The van der Waals surface area contributed by atoms with Crippen molar-refractivity contribution in [3.8, 4) is 0 Å². The summed E-state index contributed by atoms with van der Waals surface area (Å²) < 4.78 is 10.2. The number of methoxy groups -OCH3 is 2. The van der Waals surface area contributed by atoms with Gasteiger partial charge in [-0.2, -0.15) is 0 Å². The molecule has 0 bridgehead atoms. The molecule has 0 radical (unpaired) electrons. The highest BCUT2D eigenvalue weighted by atomic mass is 16.5. The van der Waals surface area contributed by atoms with Crippen LogP contribution in [-0.4, -0.2) is 26.3 Å². The number of ether oxygens (including phenoxy) is 2. The van der Waals surface area contributed by atoms with Crippen molar-refractivity contribution in [3.05, 3.63) is 0 Å². The highest BCUT2D eigenvalue weighted by molar-refractivity contribution is 5.68. The number of carbonyl (C=O) groups excluding carboxylic acids is 1. The monoisotopic (exact) mass is 314 g/mol. The highest BCUT2D eigenvalue weighted by Crippen LogP contribution is 2.16. The molecular weight excluding hydrogens is 276 g/mol. The molecule has 0 spiro atoms. The van der Waals surface area contributed by atoms with Crippen LogP contribution < -0.4 is 0 Å². The summed E-state index contributed by atoms with van der Waals surface area (Å²) in [7, 11) is 3.30. The van der Waals surface area contributed by atoms with Crippen molar-refractivity contribution >= 4 is 5.97 Å². The Kier molecular flexibility index (Phi) is 16.4. The number of rotatable bonds is 16. The Morgan fingerprint density at radius 3 is 1.77 bits per heavy atom. The van der Waals surface area contributed by atoms with Crippen molar-refractivity contribution in [2.75, 3.05) is 14.2 Å². The molecule has 0 aliphatic carbocycles. The fraction of sp³-hybridized carbons (Fsp3) is 0.947. The Morgan fingerprint density at radius 1 is 0.773 bits per heavy atom.